The van der Waals surface area contributed by atoms with Crippen molar-refractivity contribution in [2.75, 3.05) is 11.9 Å². The predicted octanol–water partition coefficient (Wildman–Crippen LogP) is 1.79. The highest BCUT2D eigenvalue weighted by Gasteiger charge is 2.11. The Bertz CT molecular complexity index is 404. The van der Waals surface area contributed by atoms with Crippen molar-refractivity contribution in [2.45, 2.75) is 13.8 Å². The van der Waals surface area contributed by atoms with E-state index in [9.17, 15) is 4.79 Å². The van der Waals surface area contributed by atoms with E-state index in [1.807, 2.05) is 32.0 Å². The minimum Gasteiger partial charge on any atom is -0.303 e. The monoisotopic (exact) mass is 188 g/mol. The number of carbonyl (C=O) groups excluding carboxylic acids is 1. The summed E-state index contributed by atoms with van der Waals surface area (Å²) in [5.74, 6) is -0.543. The number of hydrogen-bond donors (Lipinski definition) is 0. The Morgan fingerprint density at radius 2 is 2.07 bits per heavy atom. The molecule has 0 spiro atoms. The summed E-state index contributed by atoms with van der Waals surface area (Å²) in [5.41, 5.74) is 2.85. The molecule has 1 aromatic carbocycles. The number of anilines is 1. The van der Waals surface area contributed by atoms with E-state index in [0.717, 1.165) is 16.8 Å². The molecular formula is C11H12N2O. The van der Waals surface area contributed by atoms with E-state index in [4.69, 9.17) is 5.26 Å². The van der Waals surface area contributed by atoms with Gasteiger partial charge in [0.15, 0.2) is 6.07 Å². The topological polar surface area (TPSA) is 44.1 Å². The molecule has 1 aromatic rings. The fraction of sp³-hybridized carbons (Fsp3) is 0.273. The molecule has 0 heterocycles. The first-order valence-corrected chi connectivity index (χ1v) is 4.31. The number of rotatable bonds is 1. The summed E-state index contributed by atoms with van der Waals surface area (Å²) in [6.45, 7) is 3.86. The molecule has 14 heavy (non-hydrogen) atoms. The zero-order valence-corrected chi connectivity index (χ0v) is 8.53. The van der Waals surface area contributed by atoms with Gasteiger partial charge in [-0.15, -0.1) is 0 Å². The molecule has 0 radical (unpaired) electrons. The van der Waals surface area contributed by atoms with Crippen molar-refractivity contribution in [1.29, 1.82) is 5.26 Å². The minimum atomic E-state index is -0.543. The number of benzene rings is 1. The molecule has 3 nitrogen and oxygen atoms in total. The first-order chi connectivity index (χ1) is 6.56. The number of nitriles is 1. The first kappa shape index (κ1) is 10.3. The predicted molar refractivity (Wildman–Crippen MR) is 54.9 cm³/mol. The normalized spacial score (nSPS) is 9.29. The molecule has 0 fully saturated rings. The minimum absolute atomic E-state index is 0.543. The van der Waals surface area contributed by atoms with Crippen molar-refractivity contribution in [1.82, 2.24) is 0 Å². The number of aryl methyl sites for hydroxylation is 2. The standard InChI is InChI=1S/C11H12N2O/c1-8-4-5-9(2)10(6-8)13(3)11(14)7-12/h4-6H,1-3H3. The van der Waals surface area contributed by atoms with E-state index in [0.29, 0.717) is 0 Å². The molecule has 0 bridgehead atoms. The number of amides is 1. The maximum Gasteiger partial charge on any atom is 0.329 e. The SMILES string of the molecule is Cc1ccc(C)c(N(C)C(=O)C#N)c1. The van der Waals surface area contributed by atoms with Crippen LogP contribution >= 0.6 is 0 Å². The molecule has 0 aromatic heterocycles. The van der Waals surface area contributed by atoms with Crippen molar-refractivity contribution < 1.29 is 4.79 Å². The van der Waals surface area contributed by atoms with Crippen LogP contribution in [-0.4, -0.2) is 13.0 Å². The molecule has 1 rings (SSSR count). The molecule has 0 saturated carbocycles. The molecule has 0 aliphatic carbocycles. The van der Waals surface area contributed by atoms with Crippen LogP contribution < -0.4 is 4.90 Å². The van der Waals surface area contributed by atoms with Gasteiger partial charge in [0.05, 0.1) is 0 Å². The Kier molecular flexibility index (Phi) is 2.88. The van der Waals surface area contributed by atoms with Crippen LogP contribution in [0.4, 0.5) is 5.69 Å². The van der Waals surface area contributed by atoms with Crippen molar-refractivity contribution in [3.63, 3.8) is 0 Å². The van der Waals surface area contributed by atoms with Crippen molar-refractivity contribution >= 4 is 11.6 Å². The summed E-state index contributed by atoms with van der Waals surface area (Å²) in [6, 6.07) is 7.40. The molecule has 72 valence electrons. The van der Waals surface area contributed by atoms with E-state index in [1.165, 1.54) is 4.90 Å². The molecule has 1 amide bonds. The quantitative estimate of drug-likeness (QED) is 0.630. The Morgan fingerprint density at radius 1 is 1.43 bits per heavy atom. The van der Waals surface area contributed by atoms with E-state index < -0.39 is 5.91 Å². The average Bonchev–Trinajstić information content (AvgIpc) is 2.19. The first-order valence-electron chi connectivity index (χ1n) is 4.31. The van der Waals surface area contributed by atoms with E-state index in [2.05, 4.69) is 0 Å². The summed E-state index contributed by atoms with van der Waals surface area (Å²) in [4.78, 5) is 12.5. The smallest absolute Gasteiger partial charge is 0.303 e. The number of carbonyl (C=O) groups is 1. The zero-order chi connectivity index (χ0) is 10.7. The van der Waals surface area contributed by atoms with E-state index in [-0.39, 0.29) is 0 Å². The van der Waals surface area contributed by atoms with Gasteiger partial charge in [-0.05, 0) is 31.0 Å². The molecule has 0 unspecified atom stereocenters. The molecule has 0 N–H and O–H groups in total. The van der Waals surface area contributed by atoms with Crippen molar-refractivity contribution in [3.8, 4) is 6.07 Å². The van der Waals surface area contributed by atoms with Gasteiger partial charge < -0.3 is 4.90 Å². The van der Waals surface area contributed by atoms with Gasteiger partial charge in [-0.1, -0.05) is 12.1 Å². The van der Waals surface area contributed by atoms with Crippen LogP contribution in [0.5, 0.6) is 0 Å². The van der Waals surface area contributed by atoms with Gasteiger partial charge in [-0.25, -0.2) is 0 Å². The third-order valence-electron chi connectivity index (χ3n) is 2.13. The maximum atomic E-state index is 11.1. The van der Waals surface area contributed by atoms with Crippen molar-refractivity contribution in [2.24, 2.45) is 0 Å². The summed E-state index contributed by atoms with van der Waals surface area (Å²) in [5, 5.41) is 8.49. The highest BCUT2D eigenvalue weighted by molar-refractivity contribution is 6.04. The molecule has 0 saturated heterocycles. The fourth-order valence-electron chi connectivity index (χ4n) is 1.27. The fourth-order valence-corrected chi connectivity index (χ4v) is 1.27. The van der Waals surface area contributed by atoms with Crippen LogP contribution in [0.3, 0.4) is 0 Å². The van der Waals surface area contributed by atoms with E-state index in [1.54, 1.807) is 13.1 Å². The summed E-state index contributed by atoms with van der Waals surface area (Å²) < 4.78 is 0. The van der Waals surface area contributed by atoms with Crippen LogP contribution in [0, 0.1) is 25.2 Å². The Hall–Kier alpha value is -1.82. The second kappa shape index (κ2) is 3.93. The molecular weight excluding hydrogens is 176 g/mol. The summed E-state index contributed by atoms with van der Waals surface area (Å²) in [7, 11) is 1.60. The van der Waals surface area contributed by atoms with E-state index >= 15 is 0 Å². The summed E-state index contributed by atoms with van der Waals surface area (Å²) >= 11 is 0. The Balaban J connectivity index is 3.13. The lowest BCUT2D eigenvalue weighted by molar-refractivity contribution is -0.113. The van der Waals surface area contributed by atoms with Crippen LogP contribution in [0.1, 0.15) is 11.1 Å². The lowest BCUT2D eigenvalue weighted by Gasteiger charge is -2.16. The van der Waals surface area contributed by atoms with Gasteiger partial charge in [0.1, 0.15) is 0 Å². The lowest BCUT2D eigenvalue weighted by Crippen LogP contribution is -2.25. The van der Waals surface area contributed by atoms with Crippen LogP contribution in [0.15, 0.2) is 18.2 Å². The van der Waals surface area contributed by atoms with Gasteiger partial charge >= 0.3 is 5.91 Å². The van der Waals surface area contributed by atoms with Gasteiger partial charge in [-0.3, -0.25) is 4.79 Å². The molecule has 0 aliphatic rings. The maximum absolute atomic E-state index is 11.1. The van der Waals surface area contributed by atoms with Gasteiger partial charge in [0.25, 0.3) is 0 Å². The van der Waals surface area contributed by atoms with Gasteiger partial charge in [0, 0.05) is 12.7 Å². The third kappa shape index (κ3) is 1.91. The molecule has 0 aliphatic heterocycles. The molecule has 0 atom stereocenters. The average molecular weight is 188 g/mol. The second-order valence-corrected chi connectivity index (χ2v) is 3.27. The highest BCUT2D eigenvalue weighted by Crippen LogP contribution is 2.20. The van der Waals surface area contributed by atoms with Gasteiger partial charge in [-0.2, -0.15) is 5.26 Å². The largest absolute Gasteiger partial charge is 0.329 e. The Labute approximate surface area is 83.6 Å². The summed E-state index contributed by atoms with van der Waals surface area (Å²) in [6.07, 6.45) is 0. The Morgan fingerprint density at radius 3 is 2.64 bits per heavy atom. The van der Waals surface area contributed by atoms with Crippen LogP contribution in [0.25, 0.3) is 0 Å². The van der Waals surface area contributed by atoms with Crippen LogP contribution in [-0.2, 0) is 4.79 Å². The van der Waals surface area contributed by atoms with Crippen LogP contribution in [0.2, 0.25) is 0 Å². The molecule has 3 heteroatoms. The zero-order valence-electron chi connectivity index (χ0n) is 8.53. The number of nitrogens with zero attached hydrogens (tertiary/aromatic N) is 2. The number of hydrogen-bond acceptors (Lipinski definition) is 2. The van der Waals surface area contributed by atoms with Crippen molar-refractivity contribution in [3.05, 3.63) is 29.3 Å². The highest BCUT2D eigenvalue weighted by atomic mass is 16.2. The van der Waals surface area contributed by atoms with Gasteiger partial charge in [0.2, 0.25) is 0 Å². The lowest BCUT2D eigenvalue weighted by atomic mass is 10.1. The second-order valence-electron chi connectivity index (χ2n) is 3.27. The third-order valence-corrected chi connectivity index (χ3v) is 2.13.